The molecule has 0 nitrogen and oxygen atoms in total. The third-order valence-electron chi connectivity index (χ3n) is 1.92. The molecule has 1 atom stereocenters. The molecule has 0 saturated carbocycles. The van der Waals surface area contributed by atoms with Gasteiger partial charge in [-0.2, -0.15) is 0 Å². The van der Waals surface area contributed by atoms with E-state index < -0.39 is 0 Å². The lowest BCUT2D eigenvalue weighted by atomic mass is 9.34. The Kier molecular flexibility index (Phi) is 7.33. The van der Waals surface area contributed by atoms with E-state index in [9.17, 15) is 0 Å². The Hall–Kier alpha value is 0.130. The molecule has 0 bridgehead atoms. The minimum atomic E-state index is 0.838. The predicted octanol–water partition coefficient (Wildman–Crippen LogP) is 2.75. The number of hydrogen-bond donors (Lipinski definition) is 0. The molecule has 0 rings (SSSR count). The summed E-state index contributed by atoms with van der Waals surface area (Å²) < 4.78 is 0. The molecular weight excluding hydrogens is 118 g/mol. The van der Waals surface area contributed by atoms with Crippen LogP contribution in [0.15, 0.2) is 0 Å². The van der Waals surface area contributed by atoms with Crippen molar-refractivity contribution in [3.63, 3.8) is 0 Å². The van der Waals surface area contributed by atoms with Crippen LogP contribution >= 0.6 is 0 Å². The maximum Gasteiger partial charge on any atom is 0.0691 e. The van der Waals surface area contributed by atoms with Crippen LogP contribution in [0.1, 0.15) is 39.5 Å². The number of rotatable bonds is 6. The van der Waals surface area contributed by atoms with Crippen LogP contribution in [0.25, 0.3) is 0 Å². The highest BCUT2D eigenvalue weighted by molar-refractivity contribution is 7.00. The van der Waals surface area contributed by atoms with E-state index in [0.29, 0.717) is 0 Å². The van der Waals surface area contributed by atoms with Gasteiger partial charge in [-0.05, 0) is 0 Å². The van der Waals surface area contributed by atoms with E-state index in [2.05, 4.69) is 35.0 Å². The fraction of sp³-hybridized carbons (Fsp3) is 1.00. The van der Waals surface area contributed by atoms with Gasteiger partial charge in [0.1, 0.15) is 0 Å². The van der Waals surface area contributed by atoms with Crippen molar-refractivity contribution in [3.8, 4) is 0 Å². The summed E-state index contributed by atoms with van der Waals surface area (Å²) in [5, 5.41) is 0. The number of unbranched alkanes of at least 4 members (excludes halogenated alkanes) is 1. The highest BCUT2D eigenvalue weighted by Crippen LogP contribution is 2.16. The largest absolute Gasteiger partial charge is 0.0999 e. The summed E-state index contributed by atoms with van der Waals surface area (Å²) in [5.41, 5.74) is 0. The molecule has 0 aromatic carbocycles. The first-order valence-corrected chi connectivity index (χ1v) is 4.47. The zero-order valence-electron chi connectivity index (χ0n) is 7.56. The third-order valence-corrected chi connectivity index (χ3v) is 1.92. The van der Waals surface area contributed by atoms with Gasteiger partial charge in [0, 0.05) is 0 Å². The molecule has 56 valence electrons. The quantitative estimate of drug-likeness (QED) is 0.492. The van der Waals surface area contributed by atoms with Crippen LogP contribution < -0.4 is 0 Å². The van der Waals surface area contributed by atoms with Crippen molar-refractivity contribution in [3.05, 3.63) is 0 Å². The fourth-order valence-corrected chi connectivity index (χ4v) is 1.17. The maximum atomic E-state index is 2.33. The van der Waals surface area contributed by atoms with Crippen molar-refractivity contribution in [2.75, 3.05) is 0 Å². The van der Waals surface area contributed by atoms with Crippen LogP contribution in [0.4, 0.5) is 0 Å². The molecule has 1 unspecified atom stereocenters. The Balaban J connectivity index is 3.21. The Labute approximate surface area is 67.3 Å². The van der Waals surface area contributed by atoms with Crippen LogP contribution in [0.2, 0.25) is 12.6 Å². The van der Waals surface area contributed by atoms with Gasteiger partial charge in [0.05, 0.1) is 14.3 Å². The van der Waals surface area contributed by atoms with Crippen LogP contribution in [0, 0.1) is 0 Å². The molecule has 0 heterocycles. The highest BCUT2D eigenvalue weighted by atomic mass is 14.0. The molecule has 0 N–H and O–H groups in total. The maximum absolute atomic E-state index is 2.33. The van der Waals surface area contributed by atoms with Gasteiger partial charge < -0.3 is 0 Å². The van der Waals surface area contributed by atoms with Crippen LogP contribution in [0.3, 0.4) is 0 Å². The Morgan fingerprint density at radius 1 is 1.30 bits per heavy atom. The molecule has 0 aliphatic carbocycles. The van der Waals surface area contributed by atoms with Gasteiger partial charge in [0.2, 0.25) is 0 Å². The van der Waals surface area contributed by atoms with Crippen LogP contribution in [0.5, 0.6) is 0 Å². The lowest BCUT2D eigenvalue weighted by Crippen LogP contribution is -2.08. The average molecular weight is 136 g/mol. The zero-order valence-corrected chi connectivity index (χ0v) is 7.56. The molecule has 2 radical (unpaired) electrons. The summed E-state index contributed by atoms with van der Waals surface area (Å²) >= 11 is 0. The van der Waals surface area contributed by atoms with Gasteiger partial charge in [0.25, 0.3) is 0 Å². The third kappa shape index (κ3) is 4.96. The molecule has 0 fully saturated rings. The van der Waals surface area contributed by atoms with Crippen molar-refractivity contribution in [2.24, 2.45) is 0 Å². The summed E-state index contributed by atoms with van der Waals surface area (Å²) in [6.45, 7) is 6.62. The van der Waals surface area contributed by atoms with Crippen molar-refractivity contribution < 1.29 is 0 Å². The van der Waals surface area contributed by atoms with Gasteiger partial charge in [-0.3, -0.25) is 0 Å². The molecular formula is C8H18B2. The molecule has 0 amide bonds. The lowest BCUT2D eigenvalue weighted by molar-refractivity contribution is 0.653. The number of hydrogen-bond acceptors (Lipinski definition) is 0. The smallest absolute Gasteiger partial charge is 0.0691 e. The van der Waals surface area contributed by atoms with Gasteiger partial charge in [-0.25, -0.2) is 0 Å². The summed E-state index contributed by atoms with van der Waals surface area (Å²) in [4.78, 5) is 0. The first-order valence-electron chi connectivity index (χ1n) is 4.47. The van der Waals surface area contributed by atoms with Crippen molar-refractivity contribution >= 4 is 14.3 Å². The van der Waals surface area contributed by atoms with E-state index in [4.69, 9.17) is 0 Å². The molecule has 0 aliphatic heterocycles. The van der Waals surface area contributed by atoms with E-state index in [1.54, 1.807) is 0 Å². The van der Waals surface area contributed by atoms with E-state index in [1.165, 1.54) is 25.7 Å². The van der Waals surface area contributed by atoms with Crippen LogP contribution in [-0.2, 0) is 0 Å². The molecule has 10 heavy (non-hydrogen) atoms. The van der Waals surface area contributed by atoms with Crippen molar-refractivity contribution in [1.29, 1.82) is 0 Å². The van der Waals surface area contributed by atoms with Gasteiger partial charge in [-0.15, -0.1) is 0 Å². The Morgan fingerprint density at radius 2 is 2.00 bits per heavy atom. The second-order valence-corrected chi connectivity index (χ2v) is 2.84. The van der Waals surface area contributed by atoms with E-state index in [1.807, 2.05) is 0 Å². The minimum Gasteiger partial charge on any atom is -0.0999 e. The summed E-state index contributed by atoms with van der Waals surface area (Å²) in [5.74, 6) is 0.838. The van der Waals surface area contributed by atoms with Crippen molar-refractivity contribution in [1.82, 2.24) is 0 Å². The van der Waals surface area contributed by atoms with Gasteiger partial charge >= 0.3 is 0 Å². The Bertz CT molecular complexity index is 64.3. The summed E-state index contributed by atoms with van der Waals surface area (Å²) in [6.07, 6.45) is 5.37. The molecule has 0 aromatic rings. The summed E-state index contributed by atoms with van der Waals surface area (Å²) in [7, 11) is 4.50. The normalized spacial score (nSPS) is 12.7. The molecule has 2 heteroatoms. The van der Waals surface area contributed by atoms with Crippen molar-refractivity contribution in [2.45, 2.75) is 52.2 Å². The fourth-order valence-electron chi connectivity index (χ4n) is 1.17. The molecule has 0 saturated heterocycles. The first-order chi connectivity index (χ1) is 4.85. The second-order valence-electron chi connectivity index (χ2n) is 2.84. The Morgan fingerprint density at radius 3 is 2.40 bits per heavy atom. The monoisotopic (exact) mass is 136 g/mol. The minimum absolute atomic E-state index is 0.838. The van der Waals surface area contributed by atoms with E-state index in [0.717, 1.165) is 5.82 Å². The molecule has 0 spiro atoms. The molecule has 0 aliphatic rings. The first kappa shape index (κ1) is 10.1. The SMILES string of the molecule is C[B][B]C(CC)CCCC. The predicted molar refractivity (Wildman–Crippen MR) is 50.9 cm³/mol. The van der Waals surface area contributed by atoms with E-state index in [-0.39, 0.29) is 0 Å². The standard InChI is InChI=1S/C8H18B2/c1-4-6-7-8(5-2)10-9-3/h8H,4-7H2,1-3H3. The average Bonchev–Trinajstić information content (AvgIpc) is 1.98. The summed E-state index contributed by atoms with van der Waals surface area (Å²) in [6, 6.07) is 0. The van der Waals surface area contributed by atoms with E-state index >= 15 is 0 Å². The topological polar surface area (TPSA) is 0 Å². The lowest BCUT2D eigenvalue weighted by Gasteiger charge is -2.10. The van der Waals surface area contributed by atoms with Gasteiger partial charge in [-0.1, -0.05) is 52.2 Å². The highest BCUT2D eigenvalue weighted by Gasteiger charge is 2.03. The second kappa shape index (κ2) is 7.24. The zero-order chi connectivity index (χ0) is 7.82. The van der Waals surface area contributed by atoms with Crippen LogP contribution in [-0.4, -0.2) is 14.3 Å². The molecule has 0 aromatic heterocycles. The van der Waals surface area contributed by atoms with Gasteiger partial charge in [0.15, 0.2) is 0 Å².